The molecule has 6 atom stereocenters. The van der Waals surface area contributed by atoms with Gasteiger partial charge in [0.05, 0.1) is 0 Å². The SMILES string of the molecule is CC(=O)O[C@@H]1CC[C@]2(C)C(=CC[C@H]3[C@H]4CCC(=NNC(N)=O)[C@]4(C)CC[C@H]32)C1. The summed E-state index contributed by atoms with van der Waals surface area (Å²) in [7, 11) is 0. The Balaban J connectivity index is 1.56. The smallest absolute Gasteiger partial charge is 0.332 e. The first-order chi connectivity index (χ1) is 13.2. The molecule has 0 heterocycles. The van der Waals surface area contributed by atoms with Crippen molar-refractivity contribution in [3.05, 3.63) is 11.6 Å². The molecule has 0 unspecified atom stereocenters. The van der Waals surface area contributed by atoms with Crippen LogP contribution in [0, 0.1) is 28.6 Å². The van der Waals surface area contributed by atoms with Gasteiger partial charge in [0.2, 0.25) is 0 Å². The zero-order chi connectivity index (χ0) is 20.1. The van der Waals surface area contributed by atoms with Gasteiger partial charge in [0.1, 0.15) is 6.10 Å². The number of nitrogens with zero attached hydrogens (tertiary/aromatic N) is 1. The maximum Gasteiger partial charge on any atom is 0.332 e. The Hall–Kier alpha value is -1.85. The number of nitrogens with one attached hydrogen (secondary N) is 1. The van der Waals surface area contributed by atoms with Crippen LogP contribution in [0.5, 0.6) is 0 Å². The third-order valence-electron chi connectivity index (χ3n) is 8.43. The number of rotatable bonds is 2. The largest absolute Gasteiger partial charge is 0.462 e. The van der Waals surface area contributed by atoms with E-state index < -0.39 is 6.03 Å². The monoisotopic (exact) mass is 387 g/mol. The molecule has 4 aliphatic rings. The van der Waals surface area contributed by atoms with E-state index in [0.29, 0.717) is 17.8 Å². The molecule has 4 rings (SSSR count). The number of hydrogen-bond donors (Lipinski definition) is 2. The van der Waals surface area contributed by atoms with Gasteiger partial charge < -0.3 is 10.5 Å². The molecule has 0 aromatic rings. The second kappa shape index (κ2) is 6.89. The van der Waals surface area contributed by atoms with Crippen molar-refractivity contribution in [1.82, 2.24) is 5.43 Å². The Morgan fingerprint density at radius 2 is 1.89 bits per heavy atom. The highest BCUT2D eigenvalue weighted by Crippen LogP contribution is 2.64. The summed E-state index contributed by atoms with van der Waals surface area (Å²) in [6, 6.07) is -0.587. The number of allylic oxidation sites excluding steroid dienone is 1. The molecule has 3 fully saturated rings. The zero-order valence-electron chi connectivity index (χ0n) is 17.3. The van der Waals surface area contributed by atoms with Gasteiger partial charge in [-0.3, -0.25) is 4.79 Å². The molecule has 6 heteroatoms. The van der Waals surface area contributed by atoms with Gasteiger partial charge in [-0.2, -0.15) is 5.10 Å². The number of fused-ring (bicyclic) bond motifs is 5. The summed E-state index contributed by atoms with van der Waals surface area (Å²) < 4.78 is 5.53. The lowest BCUT2D eigenvalue weighted by Gasteiger charge is -2.57. The summed E-state index contributed by atoms with van der Waals surface area (Å²) in [5.74, 6) is 1.80. The Bertz CT molecular complexity index is 745. The van der Waals surface area contributed by atoms with E-state index in [9.17, 15) is 9.59 Å². The second-order valence-electron chi connectivity index (χ2n) is 9.76. The van der Waals surface area contributed by atoms with Gasteiger partial charge >= 0.3 is 12.0 Å². The molecule has 3 N–H and O–H groups in total. The van der Waals surface area contributed by atoms with Crippen molar-refractivity contribution in [3.8, 4) is 0 Å². The Labute approximate surface area is 167 Å². The van der Waals surface area contributed by atoms with Crippen LogP contribution in [-0.2, 0) is 9.53 Å². The van der Waals surface area contributed by atoms with E-state index in [1.807, 2.05) is 0 Å². The quantitative estimate of drug-likeness (QED) is 0.427. The van der Waals surface area contributed by atoms with E-state index in [4.69, 9.17) is 10.5 Å². The van der Waals surface area contributed by atoms with Crippen LogP contribution in [0.15, 0.2) is 16.8 Å². The number of esters is 1. The van der Waals surface area contributed by atoms with E-state index in [-0.39, 0.29) is 22.9 Å². The number of urea groups is 1. The summed E-state index contributed by atoms with van der Waals surface area (Å²) in [5, 5.41) is 4.38. The van der Waals surface area contributed by atoms with Crippen molar-refractivity contribution < 1.29 is 14.3 Å². The molecule has 4 aliphatic carbocycles. The minimum atomic E-state index is -0.587. The fourth-order valence-electron chi connectivity index (χ4n) is 7.06. The third kappa shape index (κ3) is 3.05. The van der Waals surface area contributed by atoms with Crippen molar-refractivity contribution in [2.75, 3.05) is 0 Å². The van der Waals surface area contributed by atoms with Crippen LogP contribution >= 0.6 is 0 Å². The van der Waals surface area contributed by atoms with Gasteiger partial charge in [-0.05, 0) is 68.1 Å². The number of hydrazone groups is 1. The number of ether oxygens (including phenoxy) is 1. The molecule has 0 radical (unpaired) electrons. The maximum atomic E-state index is 11.4. The number of carbonyl (C=O) groups is 2. The highest BCUT2D eigenvalue weighted by atomic mass is 16.5. The predicted molar refractivity (Wildman–Crippen MR) is 107 cm³/mol. The molecular formula is C22H33N3O3. The van der Waals surface area contributed by atoms with E-state index in [0.717, 1.165) is 50.7 Å². The molecule has 0 aromatic carbocycles. The molecule has 6 nitrogen and oxygen atoms in total. The van der Waals surface area contributed by atoms with Crippen molar-refractivity contribution in [2.45, 2.75) is 78.2 Å². The summed E-state index contributed by atoms with van der Waals surface area (Å²) in [6.45, 7) is 6.29. The molecule has 0 bridgehead atoms. The van der Waals surface area contributed by atoms with Crippen LogP contribution in [0.4, 0.5) is 4.79 Å². The highest BCUT2D eigenvalue weighted by molar-refractivity contribution is 5.93. The van der Waals surface area contributed by atoms with Gasteiger partial charge in [-0.1, -0.05) is 25.5 Å². The molecule has 0 aliphatic heterocycles. The minimum Gasteiger partial charge on any atom is -0.462 e. The van der Waals surface area contributed by atoms with Gasteiger partial charge in [0.15, 0.2) is 0 Å². The van der Waals surface area contributed by atoms with Crippen molar-refractivity contribution in [3.63, 3.8) is 0 Å². The second-order valence-corrected chi connectivity index (χ2v) is 9.76. The van der Waals surface area contributed by atoms with Crippen LogP contribution < -0.4 is 11.2 Å². The number of hydrogen-bond acceptors (Lipinski definition) is 4. The first kappa shape index (κ1) is 19.5. The predicted octanol–water partition coefficient (Wildman–Crippen LogP) is 3.91. The summed E-state index contributed by atoms with van der Waals surface area (Å²) >= 11 is 0. The highest BCUT2D eigenvalue weighted by Gasteiger charge is 2.58. The van der Waals surface area contributed by atoms with Crippen molar-refractivity contribution in [2.24, 2.45) is 39.4 Å². The molecule has 0 aromatic heterocycles. The maximum absolute atomic E-state index is 11.4. The van der Waals surface area contributed by atoms with Crippen molar-refractivity contribution >= 4 is 17.7 Å². The number of nitrogens with two attached hydrogens (primary N) is 1. The first-order valence-corrected chi connectivity index (χ1v) is 10.7. The van der Waals surface area contributed by atoms with Gasteiger partial charge in [-0.15, -0.1) is 0 Å². The van der Waals surface area contributed by atoms with Crippen LogP contribution in [0.25, 0.3) is 0 Å². The molecule has 3 saturated carbocycles. The molecular weight excluding hydrogens is 354 g/mol. The minimum absolute atomic E-state index is 0.0484. The van der Waals surface area contributed by atoms with Crippen LogP contribution in [-0.4, -0.2) is 23.8 Å². The Morgan fingerprint density at radius 1 is 1.18 bits per heavy atom. The van der Waals surface area contributed by atoms with Crippen molar-refractivity contribution in [1.29, 1.82) is 0 Å². The van der Waals surface area contributed by atoms with E-state index in [2.05, 4.69) is 30.5 Å². The Morgan fingerprint density at radius 3 is 2.61 bits per heavy atom. The lowest BCUT2D eigenvalue weighted by Crippen LogP contribution is -2.50. The van der Waals surface area contributed by atoms with E-state index >= 15 is 0 Å². The van der Waals surface area contributed by atoms with Gasteiger partial charge in [0.25, 0.3) is 0 Å². The summed E-state index contributed by atoms with van der Waals surface area (Å²) in [5.41, 5.74) is 10.6. The Kier molecular flexibility index (Phi) is 4.79. The topological polar surface area (TPSA) is 93.8 Å². The normalized spacial score (nSPS) is 43.4. The number of carbonyl (C=O) groups excluding carboxylic acids is 2. The fraction of sp³-hybridized carbons (Fsp3) is 0.773. The van der Waals surface area contributed by atoms with E-state index in [1.165, 1.54) is 18.9 Å². The summed E-state index contributed by atoms with van der Waals surface area (Å²) in [4.78, 5) is 22.5. The number of amides is 2. The molecule has 154 valence electrons. The van der Waals surface area contributed by atoms with Crippen LogP contribution in [0.1, 0.15) is 72.1 Å². The standard InChI is InChI=1S/C22H33N3O3/c1-13(26)28-15-8-10-21(2)14(12-15)4-5-16-17-6-7-19(24-25-20(23)27)22(17,3)11-9-18(16)21/h4,15-18H,5-12H2,1-3H3,(H3,23,25,27)/t15-,16+,17-,18-,21-,22-/m1/s1. The fourth-order valence-corrected chi connectivity index (χ4v) is 7.06. The first-order valence-electron chi connectivity index (χ1n) is 10.7. The average Bonchev–Trinajstić information content (AvgIpc) is 2.96. The lowest BCUT2D eigenvalue weighted by atomic mass is 9.48. The van der Waals surface area contributed by atoms with Gasteiger partial charge in [-0.25, -0.2) is 10.2 Å². The molecule has 28 heavy (non-hydrogen) atoms. The van der Waals surface area contributed by atoms with E-state index in [1.54, 1.807) is 0 Å². The average molecular weight is 388 g/mol. The zero-order valence-corrected chi connectivity index (χ0v) is 17.3. The third-order valence-corrected chi connectivity index (χ3v) is 8.43. The number of primary amides is 1. The molecule has 0 saturated heterocycles. The van der Waals surface area contributed by atoms with Crippen LogP contribution in [0.3, 0.4) is 0 Å². The van der Waals surface area contributed by atoms with Crippen LogP contribution in [0.2, 0.25) is 0 Å². The van der Waals surface area contributed by atoms with Gasteiger partial charge in [0, 0.05) is 24.5 Å². The molecule has 2 amide bonds. The summed E-state index contributed by atoms with van der Waals surface area (Å²) in [6.07, 6.45) is 11.0. The lowest BCUT2D eigenvalue weighted by molar-refractivity contribution is -0.148. The molecule has 0 spiro atoms.